The molecule has 1 rings (SSSR count). The minimum absolute atomic E-state index is 0.177. The topological polar surface area (TPSA) is 20.2 Å². The van der Waals surface area contributed by atoms with Crippen molar-refractivity contribution in [1.82, 2.24) is 0 Å². The first-order valence-electron chi connectivity index (χ1n) is 4.52. The molecule has 3 heteroatoms. The molecular weight excluding hydrogens is 196 g/mol. The molecule has 0 saturated heterocycles. The summed E-state index contributed by atoms with van der Waals surface area (Å²) in [7, 11) is -0.958. The Hall–Kier alpha value is -0.383. The van der Waals surface area contributed by atoms with E-state index in [1.165, 1.54) is 4.88 Å². The highest BCUT2D eigenvalue weighted by Crippen LogP contribution is 2.25. The summed E-state index contributed by atoms with van der Waals surface area (Å²) in [5.41, 5.74) is -0.177. The van der Waals surface area contributed by atoms with Crippen LogP contribution in [0.3, 0.4) is 0 Å². The molecular formula is C10H16OSSi. The molecule has 1 N–H and O–H groups in total. The monoisotopic (exact) mass is 212 g/mol. The zero-order valence-electron chi connectivity index (χ0n) is 8.16. The molecule has 0 aliphatic heterocycles. The quantitative estimate of drug-likeness (QED) is 0.601. The van der Waals surface area contributed by atoms with Crippen LogP contribution in [0, 0.1) is 0 Å². The van der Waals surface area contributed by atoms with Crippen molar-refractivity contribution in [2.75, 3.05) is 0 Å². The van der Waals surface area contributed by atoms with Crippen molar-refractivity contribution in [3.8, 4) is 0 Å². The number of allylic oxidation sites excluding steroid dienone is 1. The van der Waals surface area contributed by atoms with Crippen LogP contribution < -0.4 is 0 Å². The van der Waals surface area contributed by atoms with Crippen molar-refractivity contribution in [2.24, 2.45) is 0 Å². The van der Waals surface area contributed by atoms with Crippen LogP contribution in [0.25, 0.3) is 0 Å². The third-order valence-corrected chi connectivity index (χ3v) is 4.99. The Bertz CT molecular complexity index is 280. The Kier molecular flexibility index (Phi) is 3.90. The van der Waals surface area contributed by atoms with Crippen LogP contribution in [0.1, 0.15) is 15.5 Å². The molecule has 1 unspecified atom stereocenters. The van der Waals surface area contributed by atoms with Crippen molar-refractivity contribution in [3.63, 3.8) is 0 Å². The lowest BCUT2D eigenvalue weighted by Gasteiger charge is -2.10. The minimum atomic E-state index is -0.958. The largest absolute Gasteiger partial charge is 0.392 e. The molecule has 13 heavy (non-hydrogen) atoms. The van der Waals surface area contributed by atoms with E-state index in [4.69, 9.17) is 0 Å². The van der Waals surface area contributed by atoms with Crippen molar-refractivity contribution >= 4 is 20.1 Å². The van der Waals surface area contributed by atoms with E-state index in [0.29, 0.717) is 0 Å². The van der Waals surface area contributed by atoms with Gasteiger partial charge in [-0.15, -0.1) is 17.9 Å². The van der Waals surface area contributed by atoms with Gasteiger partial charge in [0.2, 0.25) is 0 Å². The van der Waals surface area contributed by atoms with Crippen LogP contribution in [0.4, 0.5) is 0 Å². The maximum Gasteiger partial charge on any atom is 0.0743 e. The zero-order valence-corrected chi connectivity index (χ0v) is 10.1. The number of hydrogen-bond acceptors (Lipinski definition) is 2. The lowest BCUT2D eigenvalue weighted by atomic mass is 10.3. The average molecular weight is 212 g/mol. The summed E-state index contributed by atoms with van der Waals surface area (Å²) in [5, 5.41) is 9.83. The SMILES string of the molecule is C=CCc1ccc(C(O)[SiH](C)C)s1. The minimum Gasteiger partial charge on any atom is -0.392 e. The molecule has 0 spiro atoms. The smallest absolute Gasteiger partial charge is 0.0743 e. The van der Waals surface area contributed by atoms with Crippen LogP contribution in [0.2, 0.25) is 13.1 Å². The molecule has 0 aliphatic carbocycles. The zero-order chi connectivity index (χ0) is 9.84. The van der Waals surface area contributed by atoms with Gasteiger partial charge in [-0.25, -0.2) is 0 Å². The first-order chi connectivity index (χ1) is 6.15. The lowest BCUT2D eigenvalue weighted by Crippen LogP contribution is -2.13. The Balaban J connectivity index is 2.73. The number of rotatable bonds is 4. The summed E-state index contributed by atoms with van der Waals surface area (Å²) >= 11 is 1.71. The third kappa shape index (κ3) is 2.79. The third-order valence-electron chi connectivity index (χ3n) is 1.95. The number of aliphatic hydroxyl groups is 1. The highest BCUT2D eigenvalue weighted by molar-refractivity contribution is 7.12. The molecule has 72 valence electrons. The molecule has 1 atom stereocenters. The molecule has 1 aromatic heterocycles. The van der Waals surface area contributed by atoms with Gasteiger partial charge in [-0.1, -0.05) is 19.2 Å². The van der Waals surface area contributed by atoms with Crippen LogP contribution >= 0.6 is 11.3 Å². The summed E-state index contributed by atoms with van der Waals surface area (Å²) in [6.07, 6.45) is 2.81. The van der Waals surface area contributed by atoms with E-state index in [2.05, 4.69) is 25.7 Å². The summed E-state index contributed by atoms with van der Waals surface area (Å²) in [6.45, 7) is 8.03. The fourth-order valence-corrected chi connectivity index (χ4v) is 3.82. The Morgan fingerprint density at radius 1 is 1.62 bits per heavy atom. The molecule has 0 bridgehead atoms. The lowest BCUT2D eigenvalue weighted by molar-refractivity contribution is 0.258. The Morgan fingerprint density at radius 2 is 2.31 bits per heavy atom. The van der Waals surface area contributed by atoms with Gasteiger partial charge in [0, 0.05) is 9.75 Å². The Morgan fingerprint density at radius 3 is 2.85 bits per heavy atom. The predicted molar refractivity (Wildman–Crippen MR) is 62.1 cm³/mol. The number of hydrogen-bond donors (Lipinski definition) is 1. The van der Waals surface area contributed by atoms with E-state index in [1.54, 1.807) is 11.3 Å². The van der Waals surface area contributed by atoms with Crippen molar-refractivity contribution in [1.29, 1.82) is 0 Å². The summed E-state index contributed by atoms with van der Waals surface area (Å²) in [6, 6.07) is 4.13. The van der Waals surface area contributed by atoms with Crippen LogP contribution in [0.15, 0.2) is 24.8 Å². The normalized spacial score (nSPS) is 13.2. The molecule has 1 nitrogen and oxygen atoms in total. The van der Waals surface area contributed by atoms with Gasteiger partial charge in [0.15, 0.2) is 0 Å². The van der Waals surface area contributed by atoms with Gasteiger partial charge in [0.05, 0.1) is 14.5 Å². The van der Waals surface area contributed by atoms with Gasteiger partial charge in [0.25, 0.3) is 0 Å². The fraction of sp³-hybridized carbons (Fsp3) is 0.400. The van der Waals surface area contributed by atoms with E-state index >= 15 is 0 Å². The number of thiophene rings is 1. The average Bonchev–Trinajstić information content (AvgIpc) is 2.52. The van der Waals surface area contributed by atoms with Gasteiger partial charge in [-0.3, -0.25) is 0 Å². The highest BCUT2D eigenvalue weighted by Gasteiger charge is 2.14. The second kappa shape index (κ2) is 4.74. The Labute approximate surface area is 85.3 Å². The maximum absolute atomic E-state index is 9.83. The van der Waals surface area contributed by atoms with E-state index in [1.807, 2.05) is 12.1 Å². The summed E-state index contributed by atoms with van der Waals surface area (Å²) < 4.78 is 0. The maximum atomic E-state index is 9.83. The van der Waals surface area contributed by atoms with Gasteiger partial charge in [-0.2, -0.15) is 0 Å². The predicted octanol–water partition coefficient (Wildman–Crippen LogP) is 2.54. The van der Waals surface area contributed by atoms with Crippen molar-refractivity contribution < 1.29 is 5.11 Å². The molecule has 1 heterocycles. The number of aliphatic hydroxyl groups excluding tert-OH is 1. The van der Waals surface area contributed by atoms with E-state index in [9.17, 15) is 5.11 Å². The summed E-state index contributed by atoms with van der Waals surface area (Å²) in [5.74, 6) is 0. The van der Waals surface area contributed by atoms with E-state index in [-0.39, 0.29) is 5.73 Å². The molecule has 1 aromatic rings. The first-order valence-corrected chi connectivity index (χ1v) is 8.32. The summed E-state index contributed by atoms with van der Waals surface area (Å²) in [4.78, 5) is 2.41. The van der Waals surface area contributed by atoms with Crippen LogP contribution in [-0.4, -0.2) is 13.9 Å². The molecule has 0 aromatic carbocycles. The second-order valence-electron chi connectivity index (χ2n) is 3.49. The van der Waals surface area contributed by atoms with Crippen molar-refractivity contribution in [2.45, 2.75) is 25.2 Å². The highest BCUT2D eigenvalue weighted by atomic mass is 32.1. The van der Waals surface area contributed by atoms with Gasteiger partial charge in [-0.05, 0) is 18.6 Å². The molecule has 0 radical (unpaired) electrons. The fourth-order valence-electron chi connectivity index (χ4n) is 1.13. The van der Waals surface area contributed by atoms with Gasteiger partial charge < -0.3 is 5.11 Å². The first kappa shape index (κ1) is 10.7. The van der Waals surface area contributed by atoms with E-state index < -0.39 is 8.80 Å². The second-order valence-corrected chi connectivity index (χ2v) is 7.81. The molecule has 0 amide bonds. The standard InChI is InChI=1S/C10H16OSSi/c1-4-5-8-6-7-9(12-8)10(11)13(2)3/h4,6-7,10-11,13H,1,5H2,2-3H3. The van der Waals surface area contributed by atoms with Crippen LogP contribution in [-0.2, 0) is 6.42 Å². The van der Waals surface area contributed by atoms with Gasteiger partial charge >= 0.3 is 0 Å². The molecule has 0 fully saturated rings. The van der Waals surface area contributed by atoms with E-state index in [0.717, 1.165) is 11.3 Å². The van der Waals surface area contributed by atoms with Crippen molar-refractivity contribution in [3.05, 3.63) is 34.5 Å². The molecule has 0 saturated carbocycles. The van der Waals surface area contributed by atoms with Crippen LogP contribution in [0.5, 0.6) is 0 Å². The van der Waals surface area contributed by atoms with Gasteiger partial charge in [0.1, 0.15) is 0 Å². The molecule has 0 aliphatic rings.